The van der Waals surface area contributed by atoms with Crippen molar-refractivity contribution in [3.63, 3.8) is 0 Å². The Kier molecular flexibility index (Phi) is 7.99. The van der Waals surface area contributed by atoms with E-state index in [0.29, 0.717) is 19.6 Å². The molecule has 1 aromatic heterocycles. The van der Waals surface area contributed by atoms with E-state index in [1.807, 2.05) is 36.9 Å². The van der Waals surface area contributed by atoms with E-state index in [4.69, 9.17) is 4.74 Å². The molecule has 0 bridgehead atoms. The summed E-state index contributed by atoms with van der Waals surface area (Å²) in [5, 5.41) is 8.85. The van der Waals surface area contributed by atoms with Gasteiger partial charge in [-0.2, -0.15) is 5.10 Å². The first-order valence-corrected chi connectivity index (χ1v) is 10.7. The maximum absolute atomic E-state index is 13.5. The monoisotopic (exact) mass is 443 g/mol. The van der Waals surface area contributed by atoms with Crippen molar-refractivity contribution in [3.05, 3.63) is 59.7 Å². The fourth-order valence-electron chi connectivity index (χ4n) is 3.63. The van der Waals surface area contributed by atoms with Gasteiger partial charge in [-0.05, 0) is 36.2 Å². The molecule has 0 unspecified atom stereocenters. The summed E-state index contributed by atoms with van der Waals surface area (Å²) in [5.74, 6) is -0.655. The van der Waals surface area contributed by atoms with Crippen LogP contribution in [0, 0.1) is 5.82 Å². The molecule has 1 aliphatic heterocycles. The van der Waals surface area contributed by atoms with Crippen molar-refractivity contribution in [2.75, 3.05) is 33.4 Å². The number of aromatic nitrogens is 1. The van der Waals surface area contributed by atoms with Gasteiger partial charge in [0.25, 0.3) is 5.91 Å². The van der Waals surface area contributed by atoms with Crippen molar-refractivity contribution in [2.24, 2.45) is 12.1 Å². The number of rotatable bonds is 9. The van der Waals surface area contributed by atoms with Gasteiger partial charge in [0, 0.05) is 39.9 Å². The summed E-state index contributed by atoms with van der Waals surface area (Å²) in [6.45, 7) is 2.93. The zero-order valence-corrected chi connectivity index (χ0v) is 18.8. The van der Waals surface area contributed by atoms with Crippen molar-refractivity contribution < 1.29 is 18.7 Å². The molecular formula is C23H30FN5O3. The number of nitrogens with zero attached hydrogens (tertiary/aromatic N) is 4. The number of methoxy groups -OCH3 is 1. The van der Waals surface area contributed by atoms with Gasteiger partial charge in [0.15, 0.2) is 0 Å². The molecule has 0 saturated carbocycles. The Bertz CT molecular complexity index is 957. The third-order valence-electron chi connectivity index (χ3n) is 5.36. The second kappa shape index (κ2) is 10.9. The summed E-state index contributed by atoms with van der Waals surface area (Å²) in [5.41, 5.74) is 2.45. The Balaban J connectivity index is 1.85. The van der Waals surface area contributed by atoms with Crippen LogP contribution in [0.25, 0.3) is 0 Å². The van der Waals surface area contributed by atoms with Crippen LogP contribution in [-0.2, 0) is 16.6 Å². The minimum atomic E-state index is -0.379. The van der Waals surface area contributed by atoms with Gasteiger partial charge in [0.1, 0.15) is 12.4 Å². The quantitative estimate of drug-likeness (QED) is 0.647. The van der Waals surface area contributed by atoms with E-state index in [0.717, 1.165) is 23.4 Å². The normalized spacial score (nSPS) is 15.6. The predicted molar refractivity (Wildman–Crippen MR) is 120 cm³/mol. The van der Waals surface area contributed by atoms with E-state index in [9.17, 15) is 14.0 Å². The largest absolute Gasteiger partial charge is 0.383 e. The maximum Gasteiger partial charge on any atom is 0.317 e. The fraction of sp³-hybridized carbons (Fsp3) is 0.435. The average molecular weight is 444 g/mol. The van der Waals surface area contributed by atoms with Gasteiger partial charge in [-0.3, -0.25) is 4.79 Å². The number of amides is 3. The molecule has 0 saturated heterocycles. The smallest absolute Gasteiger partial charge is 0.317 e. The zero-order chi connectivity index (χ0) is 23.1. The molecule has 1 atom stereocenters. The van der Waals surface area contributed by atoms with Crippen LogP contribution < -0.4 is 5.32 Å². The van der Waals surface area contributed by atoms with E-state index < -0.39 is 0 Å². The molecule has 3 amide bonds. The molecule has 0 spiro atoms. The van der Waals surface area contributed by atoms with E-state index in [1.165, 1.54) is 22.0 Å². The van der Waals surface area contributed by atoms with Gasteiger partial charge >= 0.3 is 6.03 Å². The number of hydrogen-bond donors (Lipinski definition) is 1. The van der Waals surface area contributed by atoms with Crippen molar-refractivity contribution in [2.45, 2.75) is 25.8 Å². The highest BCUT2D eigenvalue weighted by molar-refractivity contribution is 6.02. The average Bonchev–Trinajstić information content (AvgIpc) is 3.41. The highest BCUT2D eigenvalue weighted by atomic mass is 19.1. The Morgan fingerprint density at radius 1 is 1.28 bits per heavy atom. The molecule has 9 heteroatoms. The van der Waals surface area contributed by atoms with E-state index in [2.05, 4.69) is 10.4 Å². The van der Waals surface area contributed by atoms with E-state index in [1.54, 1.807) is 19.2 Å². The molecule has 0 fully saturated rings. The van der Waals surface area contributed by atoms with Gasteiger partial charge in [0.2, 0.25) is 0 Å². The van der Waals surface area contributed by atoms with Gasteiger partial charge < -0.3 is 19.5 Å². The van der Waals surface area contributed by atoms with Crippen molar-refractivity contribution in [1.82, 2.24) is 19.8 Å². The number of carbonyl (C=O) groups is 2. The molecule has 8 nitrogen and oxygen atoms in total. The van der Waals surface area contributed by atoms with Crippen molar-refractivity contribution in [3.8, 4) is 0 Å². The number of carbonyl (C=O) groups excluding carboxylic acids is 2. The van der Waals surface area contributed by atoms with Crippen LogP contribution in [0.2, 0.25) is 0 Å². The number of aryl methyl sites for hydroxylation is 1. The fourth-order valence-corrected chi connectivity index (χ4v) is 3.63. The van der Waals surface area contributed by atoms with Crippen molar-refractivity contribution >= 4 is 17.6 Å². The lowest BCUT2D eigenvalue weighted by atomic mass is 10.0. The van der Waals surface area contributed by atoms with Crippen LogP contribution in [-0.4, -0.2) is 65.5 Å². The molecule has 0 radical (unpaired) electrons. The number of nitrogens with one attached hydrogen (secondary N) is 1. The number of urea groups is 1. The summed E-state index contributed by atoms with van der Waals surface area (Å²) < 4.78 is 20.5. The third kappa shape index (κ3) is 5.53. The predicted octanol–water partition coefficient (Wildman–Crippen LogP) is 2.91. The third-order valence-corrected chi connectivity index (χ3v) is 5.36. The highest BCUT2D eigenvalue weighted by Gasteiger charge is 2.35. The lowest BCUT2D eigenvalue weighted by Gasteiger charge is -2.27. The summed E-state index contributed by atoms with van der Waals surface area (Å²) >= 11 is 0. The number of hydrogen-bond acceptors (Lipinski definition) is 4. The van der Waals surface area contributed by atoms with Gasteiger partial charge in [-0.15, -0.1) is 0 Å². The lowest BCUT2D eigenvalue weighted by Crippen LogP contribution is -2.47. The number of ether oxygens (including phenoxy) is 1. The number of hydrazone groups is 1. The first-order chi connectivity index (χ1) is 15.4. The van der Waals surface area contributed by atoms with E-state index in [-0.39, 0.29) is 36.9 Å². The van der Waals surface area contributed by atoms with Gasteiger partial charge in [-0.1, -0.05) is 19.1 Å². The first-order valence-electron chi connectivity index (χ1n) is 10.7. The second-order valence-corrected chi connectivity index (χ2v) is 7.71. The summed E-state index contributed by atoms with van der Waals surface area (Å²) in [6.07, 6.45) is 3.20. The molecule has 32 heavy (non-hydrogen) atoms. The Morgan fingerprint density at radius 3 is 2.66 bits per heavy atom. The molecule has 172 valence electrons. The standard InChI is InChI=1S/C23H30FN5O3/c1-4-11-25-23(31)28(13-14-32-3)16-22(30)29-21(17-7-9-18(24)10-8-17)15-19(26-29)20-6-5-12-27(20)2/h5-10,12,21H,4,11,13-16H2,1-3H3,(H,25,31)/t21-/m1/s1. The summed E-state index contributed by atoms with van der Waals surface area (Å²) in [6, 6.07) is 9.25. The van der Waals surface area contributed by atoms with Gasteiger partial charge in [0.05, 0.1) is 24.1 Å². The summed E-state index contributed by atoms with van der Waals surface area (Å²) in [7, 11) is 3.46. The van der Waals surface area contributed by atoms with Gasteiger partial charge in [-0.25, -0.2) is 14.2 Å². The van der Waals surface area contributed by atoms with E-state index >= 15 is 0 Å². The molecule has 1 aromatic carbocycles. The van der Waals surface area contributed by atoms with Crippen molar-refractivity contribution in [1.29, 1.82) is 0 Å². The lowest BCUT2D eigenvalue weighted by molar-refractivity contribution is -0.133. The van der Waals surface area contributed by atoms with Crippen LogP contribution >= 0.6 is 0 Å². The molecular weight excluding hydrogens is 413 g/mol. The Morgan fingerprint density at radius 2 is 2.03 bits per heavy atom. The van der Waals surface area contributed by atoms with Crippen LogP contribution in [0.1, 0.15) is 37.1 Å². The zero-order valence-electron chi connectivity index (χ0n) is 18.8. The minimum Gasteiger partial charge on any atom is -0.383 e. The highest BCUT2D eigenvalue weighted by Crippen LogP contribution is 2.33. The first kappa shape index (κ1) is 23.5. The molecule has 2 heterocycles. The Labute approximate surface area is 187 Å². The molecule has 0 aliphatic carbocycles. The van der Waals surface area contributed by atoms with Crippen LogP contribution in [0.5, 0.6) is 0 Å². The van der Waals surface area contributed by atoms with Crippen LogP contribution in [0.3, 0.4) is 0 Å². The topological polar surface area (TPSA) is 79.2 Å². The SMILES string of the molecule is CCCNC(=O)N(CCOC)CC(=O)N1N=C(c2cccn2C)C[C@@H]1c1ccc(F)cc1. The van der Waals surface area contributed by atoms with Crippen LogP contribution in [0.4, 0.5) is 9.18 Å². The molecule has 2 aromatic rings. The minimum absolute atomic E-state index is 0.138. The molecule has 3 rings (SSSR count). The summed E-state index contributed by atoms with van der Waals surface area (Å²) in [4.78, 5) is 27.3. The number of benzene rings is 1. The Hall–Kier alpha value is -3.20. The molecule has 1 N–H and O–H groups in total. The van der Waals surface area contributed by atoms with Crippen LogP contribution in [0.15, 0.2) is 47.7 Å². The molecule has 1 aliphatic rings. The maximum atomic E-state index is 13.5. The second-order valence-electron chi connectivity index (χ2n) is 7.71. The number of halogens is 1.